The fourth-order valence-electron chi connectivity index (χ4n) is 6.97. The summed E-state index contributed by atoms with van der Waals surface area (Å²) in [6.45, 7) is 19.8. The zero-order valence-corrected chi connectivity index (χ0v) is 36.8. The van der Waals surface area contributed by atoms with Gasteiger partial charge in [0.15, 0.2) is 0 Å². The van der Waals surface area contributed by atoms with Gasteiger partial charge in [-0.25, -0.2) is 19.2 Å². The molecule has 0 bridgehead atoms. The highest BCUT2D eigenvalue weighted by Crippen LogP contribution is 2.33. The number of nitrogens with zero attached hydrogens (tertiary/aromatic N) is 3. The Kier molecular flexibility index (Phi) is 14.5. The largest absolute Gasteiger partial charge is 0.459 e. The van der Waals surface area contributed by atoms with Gasteiger partial charge in [-0.2, -0.15) is 0 Å². The molecule has 2 aliphatic heterocycles. The van der Waals surface area contributed by atoms with Gasteiger partial charge in [0, 0.05) is 12.1 Å². The Bertz CT molecular complexity index is 1800. The number of aryl methyl sites for hydroxylation is 2. The van der Waals surface area contributed by atoms with Crippen molar-refractivity contribution < 1.29 is 52.5 Å². The van der Waals surface area contributed by atoms with Gasteiger partial charge in [-0.1, -0.05) is 48.5 Å². The number of ether oxygens (including phenoxy) is 5. The van der Waals surface area contributed by atoms with Crippen molar-refractivity contribution in [3.8, 4) is 0 Å². The number of carbonyl (C=O) groups is 6. The van der Waals surface area contributed by atoms with Crippen LogP contribution in [0.15, 0.2) is 54.6 Å². The fraction of sp³-hybridized carbons (Fsp3) is 0.600. The Balaban J connectivity index is 1.78. The highest BCUT2D eigenvalue weighted by molar-refractivity contribution is 6.03. The minimum absolute atomic E-state index is 0.0167. The standard InChI is InChI=1S/C45H63N3O11/c1-42(2,3)56-36(49)28-46-32-21-17-16-20-30(32)23-25-33(37(46)50)48(41(54)59-45(10,11)12)34(24-22-29-18-14-13-15-19-29)38(51)55-31-26-35(39(52)57-43(4,5)6)47(27-31)40(53)58-44(7,8)9/h13-21,31,33-35H,22-28H2,1-12H3/t31-,33-,34?,35+/m1/s1. The van der Waals surface area contributed by atoms with E-state index in [1.54, 1.807) is 95.2 Å². The van der Waals surface area contributed by atoms with Crippen LogP contribution in [0, 0.1) is 0 Å². The van der Waals surface area contributed by atoms with Crippen LogP contribution in [-0.2, 0) is 55.7 Å². The molecule has 14 heteroatoms. The van der Waals surface area contributed by atoms with E-state index in [4.69, 9.17) is 23.7 Å². The predicted molar refractivity (Wildman–Crippen MR) is 220 cm³/mol. The van der Waals surface area contributed by atoms with Gasteiger partial charge in [0.05, 0.1) is 6.54 Å². The normalized spacial score (nSPS) is 19.2. The van der Waals surface area contributed by atoms with Crippen LogP contribution in [-0.4, -0.2) is 106 Å². The molecule has 2 heterocycles. The number of carbonyl (C=O) groups excluding carboxylic acids is 6. The highest BCUT2D eigenvalue weighted by Gasteiger charge is 2.48. The topological polar surface area (TPSA) is 158 Å². The molecular weight excluding hydrogens is 759 g/mol. The molecule has 0 saturated carbocycles. The highest BCUT2D eigenvalue weighted by atomic mass is 16.6. The molecule has 0 spiro atoms. The van der Waals surface area contributed by atoms with Crippen LogP contribution in [0.1, 0.15) is 113 Å². The van der Waals surface area contributed by atoms with Crippen LogP contribution in [0.2, 0.25) is 0 Å². The first-order valence-electron chi connectivity index (χ1n) is 20.3. The first-order chi connectivity index (χ1) is 27.2. The SMILES string of the molecule is CC(C)(C)OC(=O)CN1C(=O)[C@H](N(C(=O)OC(C)(C)C)C(CCc2ccccc2)C(=O)O[C@@H]2C[C@@H](C(=O)OC(C)(C)C)N(C(=O)OC(C)(C)C)C2)CCc2ccccc21. The minimum atomic E-state index is -1.39. The van der Waals surface area contributed by atoms with E-state index in [2.05, 4.69) is 0 Å². The summed E-state index contributed by atoms with van der Waals surface area (Å²) in [5, 5.41) is 0. The molecule has 0 radical (unpaired) electrons. The van der Waals surface area contributed by atoms with Gasteiger partial charge in [0.1, 0.15) is 53.2 Å². The van der Waals surface area contributed by atoms with Gasteiger partial charge in [0.25, 0.3) is 5.91 Å². The van der Waals surface area contributed by atoms with Crippen LogP contribution in [0.5, 0.6) is 0 Å². The molecule has 4 atom stereocenters. The third kappa shape index (κ3) is 13.7. The molecule has 4 rings (SSSR count). The number of anilines is 1. The van der Waals surface area contributed by atoms with Gasteiger partial charge in [0.2, 0.25) is 0 Å². The lowest BCUT2D eigenvalue weighted by molar-refractivity contribution is -0.161. The van der Waals surface area contributed by atoms with E-state index in [1.807, 2.05) is 42.5 Å². The molecule has 0 N–H and O–H groups in total. The average Bonchev–Trinajstić information content (AvgIpc) is 3.46. The molecule has 1 unspecified atom stereocenters. The quantitative estimate of drug-likeness (QED) is 0.177. The van der Waals surface area contributed by atoms with Crippen molar-refractivity contribution in [2.45, 2.75) is 162 Å². The molecule has 1 saturated heterocycles. The van der Waals surface area contributed by atoms with Crippen molar-refractivity contribution in [1.82, 2.24) is 9.80 Å². The molecule has 14 nitrogen and oxygen atoms in total. The van der Waals surface area contributed by atoms with Gasteiger partial charge >= 0.3 is 30.1 Å². The molecule has 59 heavy (non-hydrogen) atoms. The van der Waals surface area contributed by atoms with E-state index in [-0.39, 0.29) is 25.8 Å². The Labute approximate surface area is 348 Å². The summed E-state index contributed by atoms with van der Waals surface area (Å²) in [5.41, 5.74) is -1.51. The summed E-state index contributed by atoms with van der Waals surface area (Å²) in [6.07, 6.45) is -2.09. The van der Waals surface area contributed by atoms with Gasteiger partial charge in [-0.05, 0) is 126 Å². The summed E-state index contributed by atoms with van der Waals surface area (Å²) >= 11 is 0. The second-order valence-corrected chi connectivity index (χ2v) is 19.1. The maximum atomic E-state index is 14.9. The second kappa shape index (κ2) is 18.4. The maximum Gasteiger partial charge on any atom is 0.411 e. The van der Waals surface area contributed by atoms with Crippen LogP contribution in [0.25, 0.3) is 0 Å². The second-order valence-electron chi connectivity index (χ2n) is 19.1. The average molecular weight is 822 g/mol. The molecule has 2 aromatic rings. The number of para-hydroxylation sites is 1. The third-order valence-corrected chi connectivity index (χ3v) is 9.18. The molecular formula is C45H63N3O11. The number of hydrogen-bond donors (Lipinski definition) is 0. The smallest absolute Gasteiger partial charge is 0.411 e. The van der Waals surface area contributed by atoms with Crippen LogP contribution < -0.4 is 4.90 Å². The number of likely N-dealkylation sites (tertiary alicyclic amines) is 1. The minimum Gasteiger partial charge on any atom is -0.459 e. The Morgan fingerprint density at radius 3 is 1.92 bits per heavy atom. The summed E-state index contributed by atoms with van der Waals surface area (Å²) in [5.74, 6) is -2.81. The Morgan fingerprint density at radius 1 is 0.746 bits per heavy atom. The van der Waals surface area contributed by atoms with E-state index in [0.29, 0.717) is 18.5 Å². The number of hydrogen-bond acceptors (Lipinski definition) is 11. The number of amides is 3. The van der Waals surface area contributed by atoms with E-state index >= 15 is 0 Å². The lowest BCUT2D eigenvalue weighted by Crippen LogP contribution is -2.58. The van der Waals surface area contributed by atoms with Crippen LogP contribution in [0.3, 0.4) is 0 Å². The molecule has 3 amide bonds. The summed E-state index contributed by atoms with van der Waals surface area (Å²) < 4.78 is 29.0. The zero-order valence-electron chi connectivity index (χ0n) is 36.8. The fourth-order valence-corrected chi connectivity index (χ4v) is 6.97. The van der Waals surface area contributed by atoms with E-state index in [1.165, 1.54) is 9.80 Å². The first kappa shape index (κ1) is 46.5. The van der Waals surface area contributed by atoms with Crippen molar-refractivity contribution in [1.29, 1.82) is 0 Å². The van der Waals surface area contributed by atoms with Gasteiger partial charge in [-0.15, -0.1) is 0 Å². The third-order valence-electron chi connectivity index (χ3n) is 9.18. The number of rotatable bonds is 10. The van der Waals surface area contributed by atoms with E-state index < -0.39 is 89.2 Å². The summed E-state index contributed by atoms with van der Waals surface area (Å²) in [7, 11) is 0. The Hall–Kier alpha value is -5.14. The van der Waals surface area contributed by atoms with Crippen molar-refractivity contribution in [3.05, 3.63) is 65.7 Å². The summed E-state index contributed by atoms with van der Waals surface area (Å²) in [4.78, 5) is 88.2. The number of benzene rings is 2. The summed E-state index contributed by atoms with van der Waals surface area (Å²) in [6, 6.07) is 12.7. The zero-order chi connectivity index (χ0) is 44.1. The maximum absolute atomic E-state index is 14.9. The van der Waals surface area contributed by atoms with Gasteiger partial charge in [-0.3, -0.25) is 24.3 Å². The van der Waals surface area contributed by atoms with Gasteiger partial charge < -0.3 is 23.7 Å². The molecule has 0 aromatic heterocycles. The predicted octanol–water partition coefficient (Wildman–Crippen LogP) is 7.18. The Morgan fingerprint density at radius 2 is 1.32 bits per heavy atom. The lowest BCUT2D eigenvalue weighted by Gasteiger charge is -2.38. The molecule has 1 fully saturated rings. The van der Waals surface area contributed by atoms with Crippen molar-refractivity contribution in [2.24, 2.45) is 0 Å². The molecule has 2 aromatic carbocycles. The van der Waals surface area contributed by atoms with Crippen molar-refractivity contribution in [3.63, 3.8) is 0 Å². The molecule has 0 aliphatic carbocycles. The van der Waals surface area contributed by atoms with E-state index in [9.17, 15) is 28.8 Å². The number of esters is 3. The van der Waals surface area contributed by atoms with Crippen molar-refractivity contribution in [2.75, 3.05) is 18.0 Å². The van der Waals surface area contributed by atoms with Crippen molar-refractivity contribution >= 4 is 41.7 Å². The molecule has 324 valence electrons. The number of fused-ring (bicyclic) bond motifs is 1. The van der Waals surface area contributed by atoms with Crippen LogP contribution in [0.4, 0.5) is 15.3 Å². The monoisotopic (exact) mass is 821 g/mol. The first-order valence-corrected chi connectivity index (χ1v) is 20.3. The van der Waals surface area contributed by atoms with E-state index in [0.717, 1.165) is 16.0 Å². The lowest BCUT2D eigenvalue weighted by atomic mass is 9.99. The van der Waals surface area contributed by atoms with Crippen LogP contribution >= 0.6 is 0 Å². The molecule has 2 aliphatic rings.